The fourth-order valence-electron chi connectivity index (χ4n) is 4.91. The number of carbonyl (C=O) groups excluding carboxylic acids is 1. The molecule has 0 unspecified atom stereocenters. The molecule has 5 rings (SSSR count). The summed E-state index contributed by atoms with van der Waals surface area (Å²) < 4.78 is 6.11. The van der Waals surface area contributed by atoms with Crippen LogP contribution in [0.2, 0.25) is 0 Å². The lowest BCUT2D eigenvalue weighted by Crippen LogP contribution is -2.41. The van der Waals surface area contributed by atoms with Crippen LogP contribution in [0.3, 0.4) is 0 Å². The highest BCUT2D eigenvalue weighted by Gasteiger charge is 2.25. The van der Waals surface area contributed by atoms with Gasteiger partial charge in [0.25, 0.3) is 5.91 Å². The topological polar surface area (TPSA) is 45.7 Å². The van der Waals surface area contributed by atoms with Gasteiger partial charge in [0.1, 0.15) is 5.75 Å². The minimum Gasteiger partial charge on any atom is -0.493 e. The van der Waals surface area contributed by atoms with Gasteiger partial charge in [-0.25, -0.2) is 0 Å². The van der Waals surface area contributed by atoms with Gasteiger partial charge in [0, 0.05) is 51.0 Å². The molecule has 3 aromatic rings. The predicted molar refractivity (Wildman–Crippen MR) is 129 cm³/mol. The van der Waals surface area contributed by atoms with E-state index in [-0.39, 0.29) is 5.91 Å². The summed E-state index contributed by atoms with van der Waals surface area (Å²) in [5, 5.41) is 0. The molecule has 5 nitrogen and oxygen atoms in total. The molecule has 170 valence electrons. The summed E-state index contributed by atoms with van der Waals surface area (Å²) >= 11 is 0. The molecule has 2 aliphatic rings. The van der Waals surface area contributed by atoms with Crippen molar-refractivity contribution in [3.05, 3.63) is 95.3 Å². The average molecular weight is 442 g/mol. The number of fused-ring (bicyclic) bond motifs is 1. The first-order chi connectivity index (χ1) is 16.2. The van der Waals surface area contributed by atoms with Crippen LogP contribution in [0.5, 0.6) is 5.75 Å². The molecule has 0 aliphatic carbocycles. The van der Waals surface area contributed by atoms with Gasteiger partial charge >= 0.3 is 0 Å². The predicted octanol–water partition coefficient (Wildman–Crippen LogP) is 4.57. The molecule has 1 fully saturated rings. The van der Waals surface area contributed by atoms with Gasteiger partial charge in [0.2, 0.25) is 0 Å². The van der Waals surface area contributed by atoms with Gasteiger partial charge in [-0.1, -0.05) is 36.4 Å². The Morgan fingerprint density at radius 2 is 1.85 bits per heavy atom. The van der Waals surface area contributed by atoms with Gasteiger partial charge in [-0.05, 0) is 60.2 Å². The first-order valence-electron chi connectivity index (χ1n) is 11.9. The Morgan fingerprint density at radius 1 is 1.00 bits per heavy atom. The number of piperidine rings is 1. The van der Waals surface area contributed by atoms with Crippen molar-refractivity contribution in [3.63, 3.8) is 0 Å². The smallest absolute Gasteiger partial charge is 0.255 e. The van der Waals surface area contributed by atoms with E-state index in [1.54, 1.807) is 12.4 Å². The van der Waals surface area contributed by atoms with E-state index in [9.17, 15) is 4.79 Å². The molecule has 0 saturated carbocycles. The fraction of sp³-hybridized carbons (Fsp3) is 0.357. The maximum absolute atomic E-state index is 12.7. The third-order valence-corrected chi connectivity index (χ3v) is 6.74. The Labute approximate surface area is 196 Å². The minimum atomic E-state index is 0.0671. The molecular weight excluding hydrogens is 410 g/mol. The van der Waals surface area contributed by atoms with E-state index in [1.165, 1.54) is 16.7 Å². The maximum Gasteiger partial charge on any atom is 0.255 e. The second kappa shape index (κ2) is 10.2. The van der Waals surface area contributed by atoms with Crippen LogP contribution in [0.25, 0.3) is 0 Å². The summed E-state index contributed by atoms with van der Waals surface area (Å²) in [5.41, 5.74) is 4.91. The highest BCUT2D eigenvalue weighted by Crippen LogP contribution is 2.23. The number of benzene rings is 2. The molecule has 5 heteroatoms. The van der Waals surface area contributed by atoms with Gasteiger partial charge in [-0.3, -0.25) is 14.7 Å². The summed E-state index contributed by atoms with van der Waals surface area (Å²) in [4.78, 5) is 21.3. The quantitative estimate of drug-likeness (QED) is 0.562. The number of nitrogens with zero attached hydrogens (tertiary/aromatic N) is 3. The minimum absolute atomic E-state index is 0.0671. The molecule has 1 atom stereocenters. The molecule has 0 radical (unpaired) electrons. The Hall–Kier alpha value is -3.18. The van der Waals surface area contributed by atoms with Crippen LogP contribution < -0.4 is 4.74 Å². The summed E-state index contributed by atoms with van der Waals surface area (Å²) in [5.74, 6) is 1.32. The molecule has 2 aromatic carbocycles. The SMILES string of the molecule is O=C(c1cccnc1)N1CCC[C@H](COc2ccc(CN3CCc4ccccc4C3)cc2)C1. The third kappa shape index (κ3) is 5.42. The number of rotatable bonds is 6. The molecule has 0 bridgehead atoms. The normalized spacial score (nSPS) is 18.5. The van der Waals surface area contributed by atoms with Crippen LogP contribution in [0.15, 0.2) is 73.1 Å². The van der Waals surface area contributed by atoms with Gasteiger partial charge in [0.15, 0.2) is 0 Å². The molecular formula is C28H31N3O2. The Morgan fingerprint density at radius 3 is 2.67 bits per heavy atom. The fourth-order valence-corrected chi connectivity index (χ4v) is 4.91. The number of aromatic nitrogens is 1. The zero-order chi connectivity index (χ0) is 22.5. The van der Waals surface area contributed by atoms with E-state index in [1.807, 2.05) is 17.0 Å². The number of pyridine rings is 1. The highest BCUT2D eigenvalue weighted by molar-refractivity contribution is 5.93. The lowest BCUT2D eigenvalue weighted by molar-refractivity contribution is 0.0633. The summed E-state index contributed by atoms with van der Waals surface area (Å²) in [6.07, 6.45) is 6.56. The van der Waals surface area contributed by atoms with Crippen molar-refractivity contribution < 1.29 is 9.53 Å². The average Bonchev–Trinajstić information content (AvgIpc) is 2.88. The number of carbonyl (C=O) groups is 1. The molecule has 2 aliphatic heterocycles. The van der Waals surface area contributed by atoms with Crippen molar-refractivity contribution in [1.82, 2.24) is 14.8 Å². The number of likely N-dealkylation sites (tertiary alicyclic amines) is 1. The van der Waals surface area contributed by atoms with Crippen molar-refractivity contribution in [3.8, 4) is 5.75 Å². The number of hydrogen-bond acceptors (Lipinski definition) is 4. The summed E-state index contributed by atoms with van der Waals surface area (Å²) in [6.45, 7) is 5.26. The van der Waals surface area contributed by atoms with Crippen LogP contribution in [-0.4, -0.2) is 46.9 Å². The van der Waals surface area contributed by atoms with Crippen molar-refractivity contribution in [2.45, 2.75) is 32.4 Å². The monoisotopic (exact) mass is 441 g/mol. The van der Waals surface area contributed by atoms with E-state index in [0.717, 1.165) is 57.7 Å². The van der Waals surface area contributed by atoms with Crippen molar-refractivity contribution in [1.29, 1.82) is 0 Å². The van der Waals surface area contributed by atoms with E-state index in [0.29, 0.717) is 18.1 Å². The molecule has 1 aromatic heterocycles. The van der Waals surface area contributed by atoms with E-state index < -0.39 is 0 Å². The largest absolute Gasteiger partial charge is 0.493 e. The molecule has 0 spiro atoms. The van der Waals surface area contributed by atoms with Crippen molar-refractivity contribution in [2.24, 2.45) is 5.92 Å². The second-order valence-electron chi connectivity index (χ2n) is 9.19. The van der Waals surface area contributed by atoms with Crippen molar-refractivity contribution in [2.75, 3.05) is 26.2 Å². The molecule has 3 heterocycles. The lowest BCUT2D eigenvalue weighted by atomic mass is 9.98. The van der Waals surface area contributed by atoms with E-state index in [4.69, 9.17) is 4.74 Å². The van der Waals surface area contributed by atoms with Gasteiger partial charge in [0.05, 0.1) is 12.2 Å². The molecule has 1 amide bonds. The number of hydrogen-bond donors (Lipinski definition) is 0. The zero-order valence-electron chi connectivity index (χ0n) is 19.0. The Kier molecular flexibility index (Phi) is 6.68. The molecule has 1 saturated heterocycles. The van der Waals surface area contributed by atoms with Crippen LogP contribution in [0, 0.1) is 5.92 Å². The first kappa shape index (κ1) is 21.7. The van der Waals surface area contributed by atoms with Crippen LogP contribution in [0.4, 0.5) is 0 Å². The number of ether oxygens (including phenoxy) is 1. The highest BCUT2D eigenvalue weighted by atomic mass is 16.5. The second-order valence-corrected chi connectivity index (χ2v) is 9.19. The van der Waals surface area contributed by atoms with Crippen molar-refractivity contribution >= 4 is 5.91 Å². The summed E-state index contributed by atoms with van der Waals surface area (Å²) in [6, 6.07) is 20.9. The third-order valence-electron chi connectivity index (χ3n) is 6.74. The number of amides is 1. The van der Waals surface area contributed by atoms with E-state index in [2.05, 4.69) is 58.4 Å². The van der Waals surface area contributed by atoms with Gasteiger partial charge < -0.3 is 9.64 Å². The maximum atomic E-state index is 12.7. The Bertz CT molecular complexity index is 1070. The van der Waals surface area contributed by atoms with Gasteiger partial charge in [-0.15, -0.1) is 0 Å². The van der Waals surface area contributed by atoms with Crippen LogP contribution in [0.1, 0.15) is 39.9 Å². The summed E-state index contributed by atoms with van der Waals surface area (Å²) in [7, 11) is 0. The first-order valence-corrected chi connectivity index (χ1v) is 11.9. The van der Waals surface area contributed by atoms with E-state index >= 15 is 0 Å². The lowest BCUT2D eigenvalue weighted by Gasteiger charge is -2.32. The van der Waals surface area contributed by atoms with Gasteiger partial charge in [-0.2, -0.15) is 0 Å². The molecule has 33 heavy (non-hydrogen) atoms. The Balaban J connectivity index is 1.11. The zero-order valence-corrected chi connectivity index (χ0v) is 19.0. The standard InChI is InChI=1S/C28H31N3O2/c32-28(25-8-3-14-29-17-25)31-15-4-5-23(19-31)21-33-27-11-9-22(10-12-27)18-30-16-13-24-6-1-2-7-26(24)20-30/h1-3,6-12,14,17,23H,4-5,13,15-16,18-21H2/t23-/m0/s1. The molecule has 0 N–H and O–H groups in total. The van der Waals surface area contributed by atoms with Crippen LogP contribution >= 0.6 is 0 Å². The van der Waals surface area contributed by atoms with Crippen LogP contribution in [-0.2, 0) is 19.5 Å².